The molecule has 0 bridgehead atoms. The smallest absolute Gasteiger partial charge is 0.185 e. The van der Waals surface area contributed by atoms with Crippen molar-refractivity contribution in [2.75, 3.05) is 32.2 Å². The molecule has 6 nitrogen and oxygen atoms in total. The first kappa shape index (κ1) is 24.5. The molecule has 0 unspecified atom stereocenters. The van der Waals surface area contributed by atoms with Crippen LogP contribution in [-0.4, -0.2) is 46.0 Å². The topological polar surface area (TPSA) is 68.7 Å². The highest BCUT2D eigenvalue weighted by Crippen LogP contribution is 2.36. The molecule has 1 saturated heterocycles. The first-order valence-corrected chi connectivity index (χ1v) is 13.8. The van der Waals surface area contributed by atoms with E-state index >= 15 is 0 Å². The zero-order valence-electron chi connectivity index (χ0n) is 20.6. The SMILES string of the molecule is COc1cc(OC)cc(-c2csc(N3CCC(S(=O)(=O)c4c(C)c(C)cc(C)c4C)CC3)n2)c1. The van der Waals surface area contributed by atoms with E-state index in [2.05, 4.69) is 11.0 Å². The minimum atomic E-state index is -3.40. The number of sulfone groups is 1. The summed E-state index contributed by atoms with van der Waals surface area (Å²) in [6.07, 6.45) is 1.19. The molecule has 2 heterocycles. The van der Waals surface area contributed by atoms with Crippen molar-refractivity contribution in [1.82, 2.24) is 4.98 Å². The second-order valence-corrected chi connectivity index (χ2v) is 11.9. The third-order valence-electron chi connectivity index (χ3n) is 6.87. The van der Waals surface area contributed by atoms with Gasteiger partial charge in [0.15, 0.2) is 15.0 Å². The van der Waals surface area contributed by atoms with Crippen molar-refractivity contribution in [2.24, 2.45) is 0 Å². The van der Waals surface area contributed by atoms with Gasteiger partial charge in [0.2, 0.25) is 0 Å². The molecule has 182 valence electrons. The minimum absolute atomic E-state index is 0.371. The van der Waals surface area contributed by atoms with E-state index in [1.165, 1.54) is 0 Å². The van der Waals surface area contributed by atoms with E-state index in [4.69, 9.17) is 14.5 Å². The van der Waals surface area contributed by atoms with Crippen LogP contribution in [0, 0.1) is 27.7 Å². The predicted octanol–water partition coefficient (Wildman–Crippen LogP) is 5.50. The van der Waals surface area contributed by atoms with Gasteiger partial charge in [-0.2, -0.15) is 0 Å². The Hall–Kier alpha value is -2.58. The van der Waals surface area contributed by atoms with Gasteiger partial charge < -0.3 is 14.4 Å². The molecule has 1 fully saturated rings. The van der Waals surface area contributed by atoms with Crippen LogP contribution in [0.15, 0.2) is 34.5 Å². The van der Waals surface area contributed by atoms with Gasteiger partial charge in [0, 0.05) is 30.1 Å². The van der Waals surface area contributed by atoms with Crippen molar-refractivity contribution >= 4 is 26.3 Å². The highest BCUT2D eigenvalue weighted by atomic mass is 32.2. The molecule has 0 aliphatic carbocycles. The van der Waals surface area contributed by atoms with Gasteiger partial charge in [0.1, 0.15) is 11.5 Å². The number of hydrogen-bond acceptors (Lipinski definition) is 7. The van der Waals surface area contributed by atoms with Crippen LogP contribution >= 0.6 is 11.3 Å². The van der Waals surface area contributed by atoms with Gasteiger partial charge >= 0.3 is 0 Å². The number of rotatable bonds is 6. The Morgan fingerprint density at radius 1 is 0.912 bits per heavy atom. The second-order valence-electron chi connectivity index (χ2n) is 8.94. The molecule has 2 aromatic carbocycles. The molecule has 1 aliphatic heterocycles. The Kier molecular flexibility index (Phi) is 6.92. The number of methoxy groups -OCH3 is 2. The zero-order chi connectivity index (χ0) is 24.6. The van der Waals surface area contributed by atoms with Crippen molar-refractivity contribution in [2.45, 2.75) is 50.7 Å². The largest absolute Gasteiger partial charge is 0.497 e. The molecule has 1 aromatic heterocycles. The lowest BCUT2D eigenvalue weighted by Crippen LogP contribution is -2.39. The molecule has 0 saturated carbocycles. The molecular weight excluding hydrogens is 468 g/mol. The average Bonchev–Trinajstić information content (AvgIpc) is 3.33. The van der Waals surface area contributed by atoms with Crippen LogP contribution in [0.25, 0.3) is 11.3 Å². The van der Waals surface area contributed by atoms with Crippen LogP contribution in [0.4, 0.5) is 5.13 Å². The summed E-state index contributed by atoms with van der Waals surface area (Å²) >= 11 is 1.58. The first-order chi connectivity index (χ1) is 16.1. The van der Waals surface area contributed by atoms with E-state index in [-0.39, 0.29) is 5.25 Å². The summed E-state index contributed by atoms with van der Waals surface area (Å²) in [5, 5.41) is 2.56. The molecule has 0 atom stereocenters. The van der Waals surface area contributed by atoms with Crippen LogP contribution in [0.2, 0.25) is 0 Å². The van der Waals surface area contributed by atoms with Crippen molar-refractivity contribution in [3.05, 3.63) is 51.9 Å². The Morgan fingerprint density at radius 2 is 1.47 bits per heavy atom. The normalized spacial score (nSPS) is 14.9. The van der Waals surface area contributed by atoms with Gasteiger partial charge in [-0.3, -0.25) is 0 Å². The number of aromatic nitrogens is 1. The average molecular weight is 501 g/mol. The molecule has 0 N–H and O–H groups in total. The fourth-order valence-corrected chi connectivity index (χ4v) is 7.86. The maximum Gasteiger partial charge on any atom is 0.185 e. The first-order valence-electron chi connectivity index (χ1n) is 11.4. The number of nitrogens with zero attached hydrogens (tertiary/aromatic N) is 2. The lowest BCUT2D eigenvalue weighted by molar-refractivity contribution is 0.394. The Bertz CT molecular complexity index is 1260. The molecule has 1 aliphatic rings. The maximum absolute atomic E-state index is 13.6. The molecule has 34 heavy (non-hydrogen) atoms. The van der Waals surface area contributed by atoms with Crippen LogP contribution in [-0.2, 0) is 9.84 Å². The van der Waals surface area contributed by atoms with Gasteiger partial charge in [-0.1, -0.05) is 6.07 Å². The monoisotopic (exact) mass is 500 g/mol. The van der Waals surface area contributed by atoms with Crippen LogP contribution in [0.5, 0.6) is 11.5 Å². The quantitative estimate of drug-likeness (QED) is 0.445. The van der Waals surface area contributed by atoms with Gasteiger partial charge in [0.05, 0.1) is 30.1 Å². The third-order valence-corrected chi connectivity index (χ3v) is 10.3. The predicted molar refractivity (Wildman–Crippen MR) is 138 cm³/mol. The number of ether oxygens (including phenoxy) is 2. The number of hydrogen-bond donors (Lipinski definition) is 0. The zero-order valence-corrected chi connectivity index (χ0v) is 22.3. The fraction of sp³-hybridized carbons (Fsp3) is 0.423. The highest BCUT2D eigenvalue weighted by Gasteiger charge is 2.34. The van der Waals surface area contributed by atoms with E-state index in [0.717, 1.165) is 38.6 Å². The van der Waals surface area contributed by atoms with Crippen LogP contribution in [0.1, 0.15) is 35.1 Å². The van der Waals surface area contributed by atoms with E-state index in [0.29, 0.717) is 42.3 Å². The second kappa shape index (κ2) is 9.58. The van der Waals surface area contributed by atoms with Gasteiger partial charge in [-0.05, 0) is 74.9 Å². The summed E-state index contributed by atoms with van der Waals surface area (Å²) in [7, 11) is -0.140. The van der Waals surface area contributed by atoms with E-state index in [1.54, 1.807) is 25.6 Å². The maximum atomic E-state index is 13.6. The minimum Gasteiger partial charge on any atom is -0.497 e. The van der Waals surface area contributed by atoms with Crippen molar-refractivity contribution in [3.8, 4) is 22.8 Å². The summed E-state index contributed by atoms with van der Waals surface area (Å²) in [6.45, 7) is 9.16. The lowest BCUT2D eigenvalue weighted by Gasteiger charge is -2.32. The Morgan fingerprint density at radius 3 is 2.00 bits per heavy atom. The summed E-state index contributed by atoms with van der Waals surface area (Å²) in [5.74, 6) is 1.43. The number of piperidine rings is 1. The van der Waals surface area contributed by atoms with Gasteiger partial charge in [-0.15, -0.1) is 11.3 Å². The molecular formula is C26H32N2O4S2. The number of thiazole rings is 1. The Labute approximate surface area is 206 Å². The fourth-order valence-electron chi connectivity index (χ4n) is 4.63. The summed E-state index contributed by atoms with van der Waals surface area (Å²) in [5.41, 5.74) is 5.60. The molecule has 4 rings (SSSR count). The van der Waals surface area contributed by atoms with E-state index in [1.807, 2.05) is 51.3 Å². The van der Waals surface area contributed by atoms with Crippen molar-refractivity contribution in [1.29, 1.82) is 0 Å². The number of aryl methyl sites for hydroxylation is 2. The highest BCUT2D eigenvalue weighted by molar-refractivity contribution is 7.92. The van der Waals surface area contributed by atoms with Crippen LogP contribution < -0.4 is 14.4 Å². The van der Waals surface area contributed by atoms with Gasteiger partial charge in [0.25, 0.3) is 0 Å². The van der Waals surface area contributed by atoms with Crippen molar-refractivity contribution in [3.63, 3.8) is 0 Å². The molecule has 3 aromatic rings. The summed E-state index contributed by atoms with van der Waals surface area (Å²) in [6, 6.07) is 7.79. The summed E-state index contributed by atoms with van der Waals surface area (Å²) in [4.78, 5) is 7.56. The van der Waals surface area contributed by atoms with Crippen molar-refractivity contribution < 1.29 is 17.9 Å². The number of benzene rings is 2. The Balaban J connectivity index is 1.52. The van der Waals surface area contributed by atoms with Crippen LogP contribution in [0.3, 0.4) is 0 Å². The van der Waals surface area contributed by atoms with E-state index in [9.17, 15) is 8.42 Å². The molecule has 0 amide bonds. The third kappa shape index (κ3) is 4.53. The standard InChI is InChI=1S/C26H32N2O4S2/c1-16-11-17(2)19(4)25(18(16)3)34(29,30)23-7-9-28(10-8-23)26-27-24(15-33-26)20-12-21(31-5)14-22(13-20)32-6/h11-15,23H,7-10H2,1-6H3. The molecule has 8 heteroatoms. The van der Waals surface area contributed by atoms with Gasteiger partial charge in [-0.25, -0.2) is 13.4 Å². The lowest BCUT2D eigenvalue weighted by atomic mass is 10.0. The summed E-state index contributed by atoms with van der Waals surface area (Å²) < 4.78 is 38.0. The van der Waals surface area contributed by atoms with E-state index < -0.39 is 9.84 Å². The number of anilines is 1. The molecule has 0 radical (unpaired) electrons. The molecule has 0 spiro atoms.